The summed E-state index contributed by atoms with van der Waals surface area (Å²) in [6.45, 7) is 2.78. The van der Waals surface area contributed by atoms with Crippen LogP contribution in [0.3, 0.4) is 0 Å². The number of hydrogen-bond acceptors (Lipinski definition) is 4. The SMILES string of the molecule is CC1(C)C(=O)C(C(=O)NCC(=O)O)=C(O)C2=C1C=CC(c1ccccc1)C2. The molecule has 1 aromatic carbocycles. The van der Waals surface area contributed by atoms with Crippen LogP contribution in [-0.4, -0.2) is 34.4 Å². The third-order valence-corrected chi connectivity index (χ3v) is 5.09. The van der Waals surface area contributed by atoms with E-state index in [0.29, 0.717) is 17.6 Å². The number of nitrogens with one attached hydrogen (secondary N) is 1. The monoisotopic (exact) mass is 367 g/mol. The number of aliphatic hydroxyl groups is 1. The van der Waals surface area contributed by atoms with E-state index in [1.807, 2.05) is 42.5 Å². The Kier molecular flexibility index (Phi) is 4.74. The summed E-state index contributed by atoms with van der Waals surface area (Å²) >= 11 is 0. The first-order chi connectivity index (χ1) is 12.7. The van der Waals surface area contributed by atoms with Crippen LogP contribution in [0.1, 0.15) is 31.7 Å². The molecule has 2 aliphatic rings. The average molecular weight is 367 g/mol. The summed E-state index contributed by atoms with van der Waals surface area (Å²) in [5, 5.41) is 21.6. The minimum atomic E-state index is -1.23. The predicted octanol–water partition coefficient (Wildman–Crippen LogP) is 2.65. The van der Waals surface area contributed by atoms with Gasteiger partial charge in [0.25, 0.3) is 5.91 Å². The van der Waals surface area contributed by atoms with Crippen molar-refractivity contribution in [1.82, 2.24) is 5.32 Å². The number of ketones is 1. The van der Waals surface area contributed by atoms with Crippen molar-refractivity contribution in [3.05, 3.63) is 70.5 Å². The van der Waals surface area contributed by atoms with Crippen molar-refractivity contribution in [2.24, 2.45) is 5.41 Å². The van der Waals surface area contributed by atoms with E-state index >= 15 is 0 Å². The number of carboxylic acid groups (broad SMARTS) is 1. The Balaban J connectivity index is 2.01. The van der Waals surface area contributed by atoms with E-state index in [1.165, 1.54) is 0 Å². The molecule has 3 N–H and O–H groups in total. The van der Waals surface area contributed by atoms with Crippen molar-refractivity contribution in [2.75, 3.05) is 6.54 Å². The van der Waals surface area contributed by atoms with Gasteiger partial charge in [0, 0.05) is 5.92 Å². The van der Waals surface area contributed by atoms with E-state index < -0.39 is 29.6 Å². The van der Waals surface area contributed by atoms with Gasteiger partial charge in [-0.05, 0) is 37.0 Å². The van der Waals surface area contributed by atoms with Gasteiger partial charge in [-0.15, -0.1) is 0 Å². The van der Waals surface area contributed by atoms with Crippen LogP contribution in [0.15, 0.2) is 65.0 Å². The lowest BCUT2D eigenvalue weighted by Gasteiger charge is -2.36. The van der Waals surface area contributed by atoms with E-state index in [2.05, 4.69) is 5.32 Å². The molecule has 0 bridgehead atoms. The highest BCUT2D eigenvalue weighted by Gasteiger charge is 2.45. The zero-order valence-corrected chi connectivity index (χ0v) is 15.2. The van der Waals surface area contributed by atoms with Gasteiger partial charge in [0.15, 0.2) is 5.78 Å². The molecular weight excluding hydrogens is 346 g/mol. The molecular formula is C21H21NO5. The number of aliphatic hydroxyl groups excluding tert-OH is 1. The van der Waals surface area contributed by atoms with Crippen LogP contribution in [0.25, 0.3) is 0 Å². The number of hydrogen-bond donors (Lipinski definition) is 3. The number of aliphatic carboxylic acids is 1. The van der Waals surface area contributed by atoms with E-state index in [-0.39, 0.29) is 17.3 Å². The number of carbonyl (C=O) groups is 3. The molecule has 0 spiro atoms. The Morgan fingerprint density at radius 2 is 1.89 bits per heavy atom. The molecule has 140 valence electrons. The molecule has 6 nitrogen and oxygen atoms in total. The van der Waals surface area contributed by atoms with Gasteiger partial charge < -0.3 is 15.5 Å². The first-order valence-corrected chi connectivity index (χ1v) is 8.68. The molecule has 0 saturated heterocycles. The number of allylic oxidation sites excluding steroid dienone is 4. The number of Topliss-reactive ketones (excluding diaryl/α,β-unsaturated/α-hetero) is 1. The molecule has 0 heterocycles. The highest BCUT2D eigenvalue weighted by atomic mass is 16.4. The lowest BCUT2D eigenvalue weighted by molar-refractivity contribution is -0.138. The Morgan fingerprint density at radius 1 is 1.22 bits per heavy atom. The molecule has 0 aliphatic heterocycles. The van der Waals surface area contributed by atoms with Crippen molar-refractivity contribution in [1.29, 1.82) is 0 Å². The standard InChI is InChI=1S/C21H21NO5/c1-21(2)15-9-8-13(12-6-4-3-5-7-12)10-14(15)18(25)17(19(21)26)20(27)22-11-16(23)24/h3-9,13,25H,10-11H2,1-2H3,(H,22,27)(H,23,24). The maximum atomic E-state index is 12.9. The number of rotatable bonds is 4. The molecule has 6 heteroatoms. The largest absolute Gasteiger partial charge is 0.507 e. The Hall–Kier alpha value is -3.15. The van der Waals surface area contributed by atoms with Crippen molar-refractivity contribution < 1.29 is 24.6 Å². The third-order valence-electron chi connectivity index (χ3n) is 5.09. The molecule has 0 radical (unpaired) electrons. The van der Waals surface area contributed by atoms with Gasteiger partial charge in [-0.1, -0.05) is 42.5 Å². The van der Waals surface area contributed by atoms with Crippen LogP contribution >= 0.6 is 0 Å². The second kappa shape index (κ2) is 6.87. The maximum absolute atomic E-state index is 12.9. The summed E-state index contributed by atoms with van der Waals surface area (Å²) in [6, 6.07) is 9.76. The van der Waals surface area contributed by atoms with Gasteiger partial charge in [-0.3, -0.25) is 14.4 Å². The van der Waals surface area contributed by atoms with Gasteiger partial charge in [-0.25, -0.2) is 0 Å². The zero-order chi connectivity index (χ0) is 19.8. The molecule has 0 aromatic heterocycles. The summed E-state index contributed by atoms with van der Waals surface area (Å²) < 4.78 is 0. The molecule has 1 atom stereocenters. The van der Waals surface area contributed by atoms with Crippen molar-refractivity contribution in [3.8, 4) is 0 Å². The van der Waals surface area contributed by atoms with Gasteiger partial charge in [0.2, 0.25) is 0 Å². The summed E-state index contributed by atoms with van der Waals surface area (Å²) in [7, 11) is 0. The second-order valence-electron chi connectivity index (χ2n) is 7.23. The summed E-state index contributed by atoms with van der Waals surface area (Å²) in [5.41, 5.74) is 0.945. The minimum Gasteiger partial charge on any atom is -0.507 e. The molecule has 1 aromatic rings. The first-order valence-electron chi connectivity index (χ1n) is 8.68. The molecule has 0 saturated carbocycles. The predicted molar refractivity (Wildman–Crippen MR) is 99.1 cm³/mol. The highest BCUT2D eigenvalue weighted by Crippen LogP contribution is 2.46. The number of amides is 1. The first kappa shape index (κ1) is 18.6. The molecule has 0 fully saturated rings. The summed E-state index contributed by atoms with van der Waals surface area (Å²) in [4.78, 5) is 35.9. The smallest absolute Gasteiger partial charge is 0.322 e. The van der Waals surface area contributed by atoms with E-state index in [9.17, 15) is 19.5 Å². The van der Waals surface area contributed by atoms with Crippen molar-refractivity contribution in [2.45, 2.75) is 26.2 Å². The molecule has 2 aliphatic carbocycles. The fourth-order valence-electron chi connectivity index (χ4n) is 3.60. The van der Waals surface area contributed by atoms with Gasteiger partial charge in [-0.2, -0.15) is 0 Å². The van der Waals surface area contributed by atoms with E-state index in [0.717, 1.165) is 5.56 Å². The normalized spacial score (nSPS) is 21.1. The summed E-state index contributed by atoms with van der Waals surface area (Å²) in [6.07, 6.45) is 4.30. The highest BCUT2D eigenvalue weighted by molar-refractivity contribution is 6.24. The van der Waals surface area contributed by atoms with Crippen LogP contribution < -0.4 is 5.32 Å². The van der Waals surface area contributed by atoms with Crippen LogP contribution in [-0.2, 0) is 14.4 Å². The number of benzene rings is 1. The maximum Gasteiger partial charge on any atom is 0.322 e. The van der Waals surface area contributed by atoms with E-state index in [4.69, 9.17) is 5.11 Å². The molecule has 27 heavy (non-hydrogen) atoms. The zero-order valence-electron chi connectivity index (χ0n) is 15.2. The van der Waals surface area contributed by atoms with Gasteiger partial charge >= 0.3 is 5.97 Å². The van der Waals surface area contributed by atoms with Crippen LogP contribution in [0, 0.1) is 5.41 Å². The molecule has 1 unspecified atom stereocenters. The number of carbonyl (C=O) groups excluding carboxylic acids is 2. The fourth-order valence-corrected chi connectivity index (χ4v) is 3.60. The Morgan fingerprint density at radius 3 is 2.52 bits per heavy atom. The average Bonchev–Trinajstić information content (AvgIpc) is 2.65. The van der Waals surface area contributed by atoms with Crippen LogP contribution in [0.4, 0.5) is 0 Å². The second-order valence-corrected chi connectivity index (χ2v) is 7.23. The minimum absolute atomic E-state index is 0.0134. The number of carboxylic acids is 1. The topological polar surface area (TPSA) is 104 Å². The lowest BCUT2D eigenvalue weighted by Crippen LogP contribution is -2.41. The van der Waals surface area contributed by atoms with Crippen molar-refractivity contribution in [3.63, 3.8) is 0 Å². The van der Waals surface area contributed by atoms with Crippen LogP contribution in [0.2, 0.25) is 0 Å². The Labute approximate surface area is 156 Å². The Bertz CT molecular complexity index is 906. The molecule has 3 rings (SSSR count). The fraction of sp³-hybridized carbons (Fsp3) is 0.286. The van der Waals surface area contributed by atoms with Gasteiger partial charge in [0.1, 0.15) is 17.9 Å². The van der Waals surface area contributed by atoms with Crippen molar-refractivity contribution >= 4 is 17.7 Å². The van der Waals surface area contributed by atoms with Crippen LogP contribution in [0.5, 0.6) is 0 Å². The molecule has 1 amide bonds. The summed E-state index contributed by atoms with van der Waals surface area (Å²) in [5.74, 6) is -2.97. The van der Waals surface area contributed by atoms with Gasteiger partial charge in [0.05, 0.1) is 5.41 Å². The van der Waals surface area contributed by atoms with E-state index in [1.54, 1.807) is 13.8 Å². The quantitative estimate of drug-likeness (QED) is 0.710. The third kappa shape index (κ3) is 3.30. The lowest BCUT2D eigenvalue weighted by atomic mass is 9.67.